The summed E-state index contributed by atoms with van der Waals surface area (Å²) in [5.41, 5.74) is 6.91. The Kier molecular flexibility index (Phi) is 6.88. The van der Waals surface area contributed by atoms with Gasteiger partial charge in [0.25, 0.3) is 21.8 Å². The second-order valence-corrected chi connectivity index (χ2v) is 10.8. The molecular weight excluding hydrogens is 454 g/mol. The molecule has 2 amide bonds. The smallest absolute Gasteiger partial charge is 0.273 e. The number of sulfonamides is 1. The summed E-state index contributed by atoms with van der Waals surface area (Å²) in [5.74, 6) is -0.00853. The zero-order chi connectivity index (χ0) is 25.3. The van der Waals surface area contributed by atoms with Crippen molar-refractivity contribution < 1.29 is 22.4 Å². The standard InChI is InChI=1S/C25H29N3O5S/c1-15-7-10-19(25(4,5)6)14-22(15)34(31,32)28-20-11-8-18(9-12-20)23(29)26-27-24(30)21-13-16(2)33-17(21)3/h7-14,28H,1-6H3,(H,26,29)(H,27,30). The Morgan fingerprint density at radius 3 is 2.03 bits per heavy atom. The van der Waals surface area contributed by atoms with Crippen molar-refractivity contribution in [2.24, 2.45) is 0 Å². The summed E-state index contributed by atoms with van der Waals surface area (Å²) in [6.45, 7) is 11.2. The largest absolute Gasteiger partial charge is 0.466 e. The number of aryl methyl sites for hydroxylation is 3. The Morgan fingerprint density at radius 2 is 1.47 bits per heavy atom. The first-order valence-electron chi connectivity index (χ1n) is 10.7. The van der Waals surface area contributed by atoms with E-state index in [4.69, 9.17) is 4.42 Å². The normalized spacial score (nSPS) is 11.7. The first-order chi connectivity index (χ1) is 15.8. The molecule has 0 unspecified atom stereocenters. The van der Waals surface area contributed by atoms with E-state index in [0.29, 0.717) is 28.3 Å². The molecular formula is C25H29N3O5S. The molecule has 0 aliphatic heterocycles. The predicted molar refractivity (Wildman–Crippen MR) is 130 cm³/mol. The van der Waals surface area contributed by atoms with Crippen molar-refractivity contribution in [3.8, 4) is 0 Å². The van der Waals surface area contributed by atoms with Gasteiger partial charge in [-0.2, -0.15) is 0 Å². The quantitative estimate of drug-likeness (QED) is 0.466. The van der Waals surface area contributed by atoms with Gasteiger partial charge in [0.1, 0.15) is 11.5 Å². The first-order valence-corrected chi connectivity index (χ1v) is 12.2. The number of carbonyl (C=O) groups is 2. The van der Waals surface area contributed by atoms with Gasteiger partial charge < -0.3 is 4.42 Å². The number of anilines is 1. The number of carbonyl (C=O) groups excluding carboxylic acids is 2. The van der Waals surface area contributed by atoms with E-state index in [1.807, 2.05) is 26.8 Å². The van der Waals surface area contributed by atoms with Crippen LogP contribution in [0.1, 0.15) is 64.1 Å². The zero-order valence-corrected chi connectivity index (χ0v) is 20.9. The molecule has 0 saturated heterocycles. The van der Waals surface area contributed by atoms with Gasteiger partial charge in [-0.15, -0.1) is 0 Å². The fourth-order valence-corrected chi connectivity index (χ4v) is 4.70. The third-order valence-corrected chi connectivity index (χ3v) is 6.84. The first kappa shape index (κ1) is 25.0. The van der Waals surface area contributed by atoms with Crippen LogP contribution in [0.4, 0.5) is 5.69 Å². The Bertz CT molecular complexity index is 1330. The molecule has 3 rings (SSSR count). The topological polar surface area (TPSA) is 118 Å². The van der Waals surface area contributed by atoms with Crippen molar-refractivity contribution in [1.29, 1.82) is 0 Å². The van der Waals surface area contributed by atoms with Crippen molar-refractivity contribution in [3.63, 3.8) is 0 Å². The molecule has 8 nitrogen and oxygen atoms in total. The molecule has 9 heteroatoms. The molecule has 2 aromatic carbocycles. The van der Waals surface area contributed by atoms with Gasteiger partial charge in [0.2, 0.25) is 0 Å². The van der Waals surface area contributed by atoms with Crippen LogP contribution in [-0.2, 0) is 15.4 Å². The SMILES string of the molecule is Cc1cc(C(=O)NNC(=O)c2ccc(NS(=O)(=O)c3cc(C(C)(C)C)ccc3C)cc2)c(C)o1. The number of nitrogens with one attached hydrogen (secondary N) is 3. The van der Waals surface area contributed by atoms with Gasteiger partial charge in [-0.05, 0) is 73.7 Å². The molecule has 1 heterocycles. The summed E-state index contributed by atoms with van der Waals surface area (Å²) >= 11 is 0. The molecule has 3 N–H and O–H groups in total. The van der Waals surface area contributed by atoms with Gasteiger partial charge in [0, 0.05) is 11.3 Å². The Morgan fingerprint density at radius 1 is 0.853 bits per heavy atom. The van der Waals surface area contributed by atoms with E-state index in [-0.39, 0.29) is 15.9 Å². The Hall–Kier alpha value is -3.59. The number of benzene rings is 2. The van der Waals surface area contributed by atoms with Gasteiger partial charge in [-0.3, -0.25) is 25.2 Å². The van der Waals surface area contributed by atoms with Crippen molar-refractivity contribution in [3.05, 3.63) is 82.3 Å². The minimum absolute atomic E-state index is 0.197. The van der Waals surface area contributed by atoms with Crippen LogP contribution < -0.4 is 15.6 Å². The molecule has 0 saturated carbocycles. The molecule has 3 aromatic rings. The maximum atomic E-state index is 13.0. The molecule has 34 heavy (non-hydrogen) atoms. The van der Waals surface area contributed by atoms with Gasteiger partial charge in [0.15, 0.2) is 0 Å². The lowest BCUT2D eigenvalue weighted by Gasteiger charge is -2.21. The lowest BCUT2D eigenvalue weighted by atomic mass is 9.87. The van der Waals surface area contributed by atoms with E-state index in [9.17, 15) is 18.0 Å². The lowest BCUT2D eigenvalue weighted by Crippen LogP contribution is -2.41. The minimum Gasteiger partial charge on any atom is -0.466 e. The van der Waals surface area contributed by atoms with Gasteiger partial charge in [-0.1, -0.05) is 32.9 Å². The molecule has 0 aliphatic carbocycles. The van der Waals surface area contributed by atoms with Gasteiger partial charge in [0.05, 0.1) is 10.5 Å². The minimum atomic E-state index is -3.83. The summed E-state index contributed by atoms with van der Waals surface area (Å²) < 4.78 is 33.9. The second-order valence-electron chi connectivity index (χ2n) is 9.15. The summed E-state index contributed by atoms with van der Waals surface area (Å²) in [4.78, 5) is 24.8. The summed E-state index contributed by atoms with van der Waals surface area (Å²) in [7, 11) is -3.83. The molecule has 0 atom stereocenters. The number of rotatable bonds is 5. The second kappa shape index (κ2) is 9.34. The molecule has 0 fully saturated rings. The molecule has 1 aromatic heterocycles. The van der Waals surface area contributed by atoms with E-state index in [2.05, 4.69) is 15.6 Å². The van der Waals surface area contributed by atoms with E-state index in [0.717, 1.165) is 5.56 Å². The molecule has 0 spiro atoms. The average Bonchev–Trinajstić information content (AvgIpc) is 3.09. The summed E-state index contributed by atoms with van der Waals surface area (Å²) in [6, 6.07) is 12.9. The average molecular weight is 484 g/mol. The molecule has 180 valence electrons. The van der Waals surface area contributed by atoms with E-state index in [1.54, 1.807) is 39.0 Å². The van der Waals surface area contributed by atoms with Gasteiger partial charge in [-0.25, -0.2) is 8.42 Å². The van der Waals surface area contributed by atoms with Crippen LogP contribution >= 0.6 is 0 Å². The highest BCUT2D eigenvalue weighted by Crippen LogP contribution is 2.28. The van der Waals surface area contributed by atoms with Crippen molar-refractivity contribution in [2.75, 3.05) is 4.72 Å². The van der Waals surface area contributed by atoms with Crippen LogP contribution in [0.2, 0.25) is 0 Å². The molecule has 0 radical (unpaired) electrons. The van der Waals surface area contributed by atoms with Crippen LogP contribution in [-0.4, -0.2) is 20.2 Å². The van der Waals surface area contributed by atoms with E-state index >= 15 is 0 Å². The van der Waals surface area contributed by atoms with E-state index in [1.165, 1.54) is 24.3 Å². The highest BCUT2D eigenvalue weighted by atomic mass is 32.2. The number of furan rings is 1. The fourth-order valence-electron chi connectivity index (χ4n) is 3.37. The van der Waals surface area contributed by atoms with Gasteiger partial charge >= 0.3 is 0 Å². The fraction of sp³-hybridized carbons (Fsp3) is 0.280. The van der Waals surface area contributed by atoms with Crippen molar-refractivity contribution >= 4 is 27.5 Å². The molecule has 0 bridgehead atoms. The predicted octanol–water partition coefficient (Wildman–Crippen LogP) is 4.38. The third kappa shape index (κ3) is 5.66. The lowest BCUT2D eigenvalue weighted by molar-refractivity contribution is 0.0845. The number of hydrazine groups is 1. The number of amides is 2. The van der Waals surface area contributed by atoms with Crippen molar-refractivity contribution in [2.45, 2.75) is 51.9 Å². The van der Waals surface area contributed by atoms with Crippen LogP contribution in [0.15, 0.2) is 57.8 Å². The maximum Gasteiger partial charge on any atom is 0.273 e. The van der Waals surface area contributed by atoms with Crippen molar-refractivity contribution in [1.82, 2.24) is 10.9 Å². The molecule has 0 aliphatic rings. The van der Waals surface area contributed by atoms with Crippen LogP contribution in [0.25, 0.3) is 0 Å². The third-order valence-electron chi connectivity index (χ3n) is 5.32. The number of hydrogen-bond acceptors (Lipinski definition) is 5. The zero-order valence-electron chi connectivity index (χ0n) is 20.1. The van der Waals surface area contributed by atoms with Crippen LogP contribution in [0.5, 0.6) is 0 Å². The van der Waals surface area contributed by atoms with Crippen LogP contribution in [0, 0.1) is 20.8 Å². The highest BCUT2D eigenvalue weighted by Gasteiger charge is 2.22. The number of hydrogen-bond donors (Lipinski definition) is 3. The Labute approximate surface area is 199 Å². The Balaban J connectivity index is 1.69. The van der Waals surface area contributed by atoms with E-state index < -0.39 is 21.8 Å². The monoisotopic (exact) mass is 483 g/mol. The highest BCUT2D eigenvalue weighted by molar-refractivity contribution is 7.92. The van der Waals surface area contributed by atoms with Crippen LogP contribution in [0.3, 0.4) is 0 Å². The maximum absolute atomic E-state index is 13.0. The summed E-state index contributed by atoms with van der Waals surface area (Å²) in [5, 5.41) is 0. The summed E-state index contributed by atoms with van der Waals surface area (Å²) in [6.07, 6.45) is 0.